The van der Waals surface area contributed by atoms with E-state index in [4.69, 9.17) is 4.74 Å². The average molecular weight is 333 g/mol. The van der Waals surface area contributed by atoms with Gasteiger partial charge in [0, 0.05) is 0 Å². The van der Waals surface area contributed by atoms with Crippen LogP contribution < -0.4 is 10.1 Å². The first-order chi connectivity index (χ1) is 11.1. The van der Waals surface area contributed by atoms with Crippen molar-refractivity contribution in [2.24, 2.45) is 0 Å². The van der Waals surface area contributed by atoms with E-state index in [0.29, 0.717) is 5.69 Å². The molecule has 0 bridgehead atoms. The van der Waals surface area contributed by atoms with Crippen LogP contribution in [0.2, 0.25) is 0 Å². The number of nitrogens with zero attached hydrogens (tertiary/aromatic N) is 2. The minimum Gasteiger partial charge on any atom is -0.478 e. The van der Waals surface area contributed by atoms with Crippen LogP contribution in [0.4, 0.5) is 10.2 Å². The lowest BCUT2D eigenvalue weighted by Crippen LogP contribution is -2.30. The molecule has 118 valence electrons. The van der Waals surface area contributed by atoms with Crippen molar-refractivity contribution in [2.45, 2.75) is 13.0 Å². The number of hydrogen-bond donors (Lipinski definition) is 1. The number of carbonyl (C=O) groups excluding carboxylic acids is 1. The summed E-state index contributed by atoms with van der Waals surface area (Å²) in [5, 5.41) is 11.9. The smallest absolute Gasteiger partial charge is 0.266 e. The van der Waals surface area contributed by atoms with Crippen LogP contribution in [0.15, 0.2) is 46.4 Å². The second-order valence-corrected chi connectivity index (χ2v) is 5.57. The van der Waals surface area contributed by atoms with E-state index in [0.717, 1.165) is 4.88 Å². The van der Waals surface area contributed by atoms with Crippen LogP contribution in [0.25, 0.3) is 10.6 Å². The Bertz CT molecular complexity index is 804. The maximum absolute atomic E-state index is 13.5. The molecular formula is C15H12FN3O3S. The van der Waals surface area contributed by atoms with Crippen molar-refractivity contribution in [1.82, 2.24) is 10.3 Å². The first-order valence-electron chi connectivity index (χ1n) is 6.73. The molecule has 0 aliphatic rings. The van der Waals surface area contributed by atoms with E-state index in [1.165, 1.54) is 30.4 Å². The van der Waals surface area contributed by atoms with E-state index in [9.17, 15) is 9.18 Å². The molecule has 2 heterocycles. The number of anilines is 1. The van der Waals surface area contributed by atoms with E-state index in [-0.39, 0.29) is 11.6 Å². The monoisotopic (exact) mass is 333 g/mol. The maximum atomic E-state index is 13.5. The van der Waals surface area contributed by atoms with Crippen LogP contribution in [0, 0.1) is 5.82 Å². The van der Waals surface area contributed by atoms with Gasteiger partial charge in [-0.2, -0.15) is 0 Å². The second kappa shape index (κ2) is 6.57. The summed E-state index contributed by atoms with van der Waals surface area (Å²) < 4.78 is 23.5. The number of para-hydroxylation sites is 1. The molecule has 1 N–H and O–H groups in total. The Morgan fingerprint density at radius 3 is 2.87 bits per heavy atom. The molecule has 1 amide bonds. The highest BCUT2D eigenvalue weighted by Gasteiger charge is 2.21. The summed E-state index contributed by atoms with van der Waals surface area (Å²) >= 11 is 1.44. The Kier molecular flexibility index (Phi) is 4.33. The maximum Gasteiger partial charge on any atom is 0.266 e. The Morgan fingerprint density at radius 1 is 1.30 bits per heavy atom. The van der Waals surface area contributed by atoms with Crippen molar-refractivity contribution < 1.29 is 18.6 Å². The van der Waals surface area contributed by atoms with Gasteiger partial charge in [-0.1, -0.05) is 18.2 Å². The van der Waals surface area contributed by atoms with E-state index < -0.39 is 17.8 Å². The Morgan fingerprint density at radius 2 is 2.13 bits per heavy atom. The number of aromatic nitrogens is 2. The molecule has 0 fully saturated rings. The van der Waals surface area contributed by atoms with Crippen LogP contribution in [-0.4, -0.2) is 22.3 Å². The van der Waals surface area contributed by atoms with Crippen molar-refractivity contribution in [3.8, 4) is 16.3 Å². The fourth-order valence-electron chi connectivity index (χ4n) is 1.85. The summed E-state index contributed by atoms with van der Waals surface area (Å²) in [6.07, 6.45) is -0.917. The van der Waals surface area contributed by atoms with Crippen LogP contribution in [0.3, 0.4) is 0 Å². The normalized spacial score (nSPS) is 11.9. The number of halogens is 1. The molecule has 0 unspecified atom stereocenters. The van der Waals surface area contributed by atoms with Gasteiger partial charge in [0.15, 0.2) is 23.4 Å². The molecule has 3 rings (SSSR count). The highest BCUT2D eigenvalue weighted by molar-refractivity contribution is 7.13. The van der Waals surface area contributed by atoms with Crippen LogP contribution in [0.5, 0.6) is 5.75 Å². The summed E-state index contributed by atoms with van der Waals surface area (Å²) in [7, 11) is 0. The second-order valence-electron chi connectivity index (χ2n) is 4.62. The van der Waals surface area contributed by atoms with Gasteiger partial charge in [-0.3, -0.25) is 4.79 Å². The number of amides is 1. The lowest BCUT2D eigenvalue weighted by molar-refractivity contribution is -0.122. The zero-order valence-electron chi connectivity index (χ0n) is 12.0. The van der Waals surface area contributed by atoms with Gasteiger partial charge in [0.2, 0.25) is 5.82 Å². The van der Waals surface area contributed by atoms with Crippen molar-refractivity contribution >= 4 is 23.1 Å². The molecule has 1 atom stereocenters. The number of hydrogen-bond acceptors (Lipinski definition) is 6. The van der Waals surface area contributed by atoms with Gasteiger partial charge in [-0.25, -0.2) is 9.02 Å². The highest BCUT2D eigenvalue weighted by Crippen LogP contribution is 2.28. The van der Waals surface area contributed by atoms with Gasteiger partial charge in [0.25, 0.3) is 5.91 Å². The highest BCUT2D eigenvalue weighted by atomic mass is 32.1. The van der Waals surface area contributed by atoms with Gasteiger partial charge in [-0.15, -0.1) is 11.3 Å². The zero-order chi connectivity index (χ0) is 16.2. The molecule has 0 saturated heterocycles. The molecule has 1 aromatic carbocycles. The van der Waals surface area contributed by atoms with Crippen molar-refractivity contribution in [3.05, 3.63) is 47.6 Å². The van der Waals surface area contributed by atoms with Crippen molar-refractivity contribution in [3.63, 3.8) is 0 Å². The molecule has 23 heavy (non-hydrogen) atoms. The van der Waals surface area contributed by atoms with E-state index in [2.05, 4.69) is 20.3 Å². The fraction of sp³-hybridized carbons (Fsp3) is 0.133. The Labute approximate surface area is 134 Å². The van der Waals surface area contributed by atoms with E-state index >= 15 is 0 Å². The van der Waals surface area contributed by atoms with Gasteiger partial charge < -0.3 is 10.1 Å². The molecule has 0 aliphatic heterocycles. The number of rotatable bonds is 5. The largest absolute Gasteiger partial charge is 0.478 e. The summed E-state index contributed by atoms with van der Waals surface area (Å²) in [4.78, 5) is 13.0. The molecule has 0 aliphatic carbocycles. The van der Waals surface area contributed by atoms with Gasteiger partial charge in [0.1, 0.15) is 0 Å². The zero-order valence-corrected chi connectivity index (χ0v) is 12.8. The first kappa shape index (κ1) is 15.2. The first-order valence-corrected chi connectivity index (χ1v) is 7.61. The number of benzene rings is 1. The lowest BCUT2D eigenvalue weighted by Gasteiger charge is -2.14. The molecular weight excluding hydrogens is 321 g/mol. The van der Waals surface area contributed by atoms with Gasteiger partial charge >= 0.3 is 0 Å². The summed E-state index contributed by atoms with van der Waals surface area (Å²) in [5.41, 5.74) is 0.437. The molecule has 0 saturated carbocycles. The quantitative estimate of drug-likeness (QED) is 0.775. The molecule has 0 spiro atoms. The standard InChI is InChI=1S/C15H12FN3O3S/c1-9(21-11-6-3-2-5-10(11)16)15(20)17-14-13(18-22-19-14)12-7-4-8-23-12/h2-9H,1H3,(H,17,19,20)/t9-/m1/s1. The predicted octanol–water partition coefficient (Wildman–Crippen LogP) is 3.34. The summed E-state index contributed by atoms with van der Waals surface area (Å²) in [5.74, 6) is -0.815. The van der Waals surface area contributed by atoms with Crippen LogP contribution >= 0.6 is 11.3 Å². The number of nitrogens with one attached hydrogen (secondary N) is 1. The third-order valence-corrected chi connectivity index (χ3v) is 3.87. The number of carbonyl (C=O) groups is 1. The lowest BCUT2D eigenvalue weighted by atomic mass is 10.3. The van der Waals surface area contributed by atoms with E-state index in [1.54, 1.807) is 12.1 Å². The predicted molar refractivity (Wildman–Crippen MR) is 82.7 cm³/mol. The molecule has 3 aromatic rings. The topological polar surface area (TPSA) is 77.2 Å². The fourth-order valence-corrected chi connectivity index (χ4v) is 2.55. The molecule has 6 nitrogen and oxygen atoms in total. The number of ether oxygens (including phenoxy) is 1. The molecule has 2 aromatic heterocycles. The van der Waals surface area contributed by atoms with Gasteiger partial charge in [0.05, 0.1) is 4.88 Å². The summed E-state index contributed by atoms with van der Waals surface area (Å²) in [6, 6.07) is 9.56. The van der Waals surface area contributed by atoms with Crippen LogP contribution in [-0.2, 0) is 4.79 Å². The third-order valence-electron chi connectivity index (χ3n) is 2.99. The number of thiophene rings is 1. The SMILES string of the molecule is C[C@@H](Oc1ccccc1F)C(=O)Nc1nonc1-c1cccs1. The van der Waals surface area contributed by atoms with Gasteiger partial charge in [-0.05, 0) is 40.8 Å². The molecule has 8 heteroatoms. The average Bonchev–Trinajstić information content (AvgIpc) is 3.20. The van der Waals surface area contributed by atoms with Crippen LogP contribution in [0.1, 0.15) is 6.92 Å². The molecule has 0 radical (unpaired) electrons. The van der Waals surface area contributed by atoms with Crippen molar-refractivity contribution in [2.75, 3.05) is 5.32 Å². The Balaban J connectivity index is 1.70. The minimum absolute atomic E-state index is 0.00640. The third kappa shape index (κ3) is 3.37. The summed E-state index contributed by atoms with van der Waals surface area (Å²) in [6.45, 7) is 1.51. The minimum atomic E-state index is -0.917. The van der Waals surface area contributed by atoms with Crippen molar-refractivity contribution in [1.29, 1.82) is 0 Å². The van der Waals surface area contributed by atoms with E-state index in [1.807, 2.05) is 17.5 Å². The Hall–Kier alpha value is -2.74.